The van der Waals surface area contributed by atoms with Crippen LogP contribution in [0.5, 0.6) is 0 Å². The highest BCUT2D eigenvalue weighted by molar-refractivity contribution is 5.48. The lowest BCUT2D eigenvalue weighted by atomic mass is 10.2. The topological polar surface area (TPSA) is 3.24 Å². The van der Waals surface area contributed by atoms with E-state index in [4.69, 9.17) is 0 Å². The average molecular weight is 251 g/mol. The van der Waals surface area contributed by atoms with Gasteiger partial charge in [-0.15, -0.1) is 0 Å². The number of nitrogens with zero attached hydrogens (tertiary/aromatic N) is 1. The van der Waals surface area contributed by atoms with E-state index < -0.39 is 0 Å². The van der Waals surface area contributed by atoms with Crippen LogP contribution in [0, 0.1) is 0 Å². The maximum atomic E-state index is 2.43. The van der Waals surface area contributed by atoms with Gasteiger partial charge in [-0.05, 0) is 17.7 Å². The van der Waals surface area contributed by atoms with Crippen molar-refractivity contribution in [2.75, 3.05) is 13.1 Å². The van der Waals surface area contributed by atoms with Gasteiger partial charge < -0.3 is 0 Å². The third-order valence-electron chi connectivity index (χ3n) is 3.17. The van der Waals surface area contributed by atoms with Gasteiger partial charge in [0.25, 0.3) is 0 Å². The van der Waals surface area contributed by atoms with Crippen molar-refractivity contribution in [3.63, 3.8) is 0 Å². The van der Waals surface area contributed by atoms with E-state index in [1.54, 1.807) is 0 Å². The molecule has 2 aromatic carbocycles. The maximum Gasteiger partial charge on any atom is 0.0236 e. The van der Waals surface area contributed by atoms with Crippen LogP contribution in [0.1, 0.15) is 18.1 Å². The van der Waals surface area contributed by atoms with E-state index in [-0.39, 0.29) is 0 Å². The Morgan fingerprint density at radius 1 is 0.895 bits per heavy atom. The van der Waals surface area contributed by atoms with Gasteiger partial charge in [-0.1, -0.05) is 79.7 Å². The fraction of sp³-hybridized carbons (Fsp3) is 0.222. The molecular formula is C18H21N. The van der Waals surface area contributed by atoms with Gasteiger partial charge in [0.1, 0.15) is 0 Å². The summed E-state index contributed by atoms with van der Waals surface area (Å²) in [5.74, 6) is 0. The highest BCUT2D eigenvalue weighted by Crippen LogP contribution is 2.05. The summed E-state index contributed by atoms with van der Waals surface area (Å²) in [5.41, 5.74) is 2.63. The van der Waals surface area contributed by atoms with Gasteiger partial charge in [0.2, 0.25) is 0 Å². The largest absolute Gasteiger partial charge is 0.296 e. The lowest BCUT2D eigenvalue weighted by Crippen LogP contribution is -2.22. The van der Waals surface area contributed by atoms with Crippen LogP contribution in [0.4, 0.5) is 0 Å². The fourth-order valence-electron chi connectivity index (χ4n) is 2.05. The second-order valence-corrected chi connectivity index (χ2v) is 4.63. The number of rotatable bonds is 6. The molecule has 0 saturated carbocycles. The summed E-state index contributed by atoms with van der Waals surface area (Å²) in [6.07, 6.45) is 4.43. The summed E-state index contributed by atoms with van der Waals surface area (Å²) >= 11 is 0. The first-order valence-corrected chi connectivity index (χ1v) is 6.86. The molecule has 19 heavy (non-hydrogen) atoms. The summed E-state index contributed by atoms with van der Waals surface area (Å²) in [6, 6.07) is 21.1. The van der Waals surface area contributed by atoms with Crippen LogP contribution in [0.15, 0.2) is 66.7 Å². The van der Waals surface area contributed by atoms with Gasteiger partial charge in [-0.3, -0.25) is 4.90 Å². The summed E-state index contributed by atoms with van der Waals surface area (Å²) in [4.78, 5) is 2.43. The van der Waals surface area contributed by atoms with Crippen molar-refractivity contribution in [2.24, 2.45) is 0 Å². The predicted octanol–water partition coefficient (Wildman–Crippen LogP) is 4.22. The molecule has 0 unspecified atom stereocenters. The third-order valence-corrected chi connectivity index (χ3v) is 3.17. The van der Waals surface area contributed by atoms with Crippen molar-refractivity contribution in [2.45, 2.75) is 13.5 Å². The molecule has 0 heterocycles. The fourth-order valence-corrected chi connectivity index (χ4v) is 2.05. The lowest BCUT2D eigenvalue weighted by molar-refractivity contribution is 0.311. The molecule has 2 rings (SSSR count). The molecule has 1 nitrogen and oxygen atoms in total. The summed E-state index contributed by atoms with van der Waals surface area (Å²) in [6.45, 7) is 5.27. The van der Waals surface area contributed by atoms with Crippen LogP contribution in [-0.2, 0) is 6.54 Å². The van der Waals surface area contributed by atoms with Crippen LogP contribution in [0.3, 0.4) is 0 Å². The van der Waals surface area contributed by atoms with E-state index in [9.17, 15) is 0 Å². The molecule has 0 bridgehead atoms. The number of likely N-dealkylation sites (N-methyl/N-ethyl adjacent to an activating group) is 1. The summed E-state index contributed by atoms with van der Waals surface area (Å²) < 4.78 is 0. The van der Waals surface area contributed by atoms with Crippen molar-refractivity contribution in [1.29, 1.82) is 0 Å². The second kappa shape index (κ2) is 7.55. The predicted molar refractivity (Wildman–Crippen MR) is 82.9 cm³/mol. The molecule has 0 amide bonds. The standard InChI is InChI=1S/C18H21N/c1-2-19(16-18-12-7-4-8-13-18)15-9-14-17-10-5-3-6-11-17/h3-14H,2,15-16H2,1H3. The van der Waals surface area contributed by atoms with Gasteiger partial charge in [0.05, 0.1) is 0 Å². The lowest BCUT2D eigenvalue weighted by Gasteiger charge is -2.18. The van der Waals surface area contributed by atoms with E-state index in [1.165, 1.54) is 11.1 Å². The Morgan fingerprint density at radius 3 is 2.16 bits per heavy atom. The molecule has 0 aromatic heterocycles. The zero-order valence-corrected chi connectivity index (χ0v) is 11.5. The molecule has 0 fully saturated rings. The molecule has 98 valence electrons. The Morgan fingerprint density at radius 2 is 1.53 bits per heavy atom. The quantitative estimate of drug-likeness (QED) is 0.743. The molecule has 0 aliphatic heterocycles. The van der Waals surface area contributed by atoms with Gasteiger partial charge in [0, 0.05) is 13.1 Å². The molecule has 0 N–H and O–H groups in total. The first kappa shape index (κ1) is 13.6. The number of hydrogen-bond donors (Lipinski definition) is 0. The van der Waals surface area contributed by atoms with Crippen molar-refractivity contribution >= 4 is 6.08 Å². The van der Waals surface area contributed by atoms with Crippen LogP contribution >= 0.6 is 0 Å². The van der Waals surface area contributed by atoms with Crippen LogP contribution in [0.2, 0.25) is 0 Å². The first-order chi connectivity index (χ1) is 9.38. The van der Waals surface area contributed by atoms with Gasteiger partial charge in [-0.2, -0.15) is 0 Å². The highest BCUT2D eigenvalue weighted by atomic mass is 15.1. The van der Waals surface area contributed by atoms with E-state index in [2.05, 4.69) is 78.6 Å². The van der Waals surface area contributed by atoms with Gasteiger partial charge in [-0.25, -0.2) is 0 Å². The number of hydrogen-bond acceptors (Lipinski definition) is 1. The summed E-state index contributed by atoms with van der Waals surface area (Å²) in [7, 11) is 0. The molecule has 0 atom stereocenters. The van der Waals surface area contributed by atoms with E-state index in [0.29, 0.717) is 0 Å². The molecular weight excluding hydrogens is 230 g/mol. The van der Waals surface area contributed by atoms with E-state index in [0.717, 1.165) is 19.6 Å². The Bertz CT molecular complexity index is 488. The maximum absolute atomic E-state index is 2.43. The molecule has 0 spiro atoms. The molecule has 0 aliphatic carbocycles. The molecule has 0 radical (unpaired) electrons. The smallest absolute Gasteiger partial charge is 0.0236 e. The summed E-state index contributed by atoms with van der Waals surface area (Å²) in [5, 5.41) is 0. The Labute approximate surface area is 116 Å². The van der Waals surface area contributed by atoms with Crippen molar-refractivity contribution in [3.05, 3.63) is 77.9 Å². The van der Waals surface area contributed by atoms with Crippen molar-refractivity contribution in [1.82, 2.24) is 4.90 Å². The molecule has 1 heteroatoms. The van der Waals surface area contributed by atoms with Crippen LogP contribution in [-0.4, -0.2) is 18.0 Å². The second-order valence-electron chi connectivity index (χ2n) is 4.63. The Kier molecular flexibility index (Phi) is 5.39. The van der Waals surface area contributed by atoms with Crippen molar-refractivity contribution < 1.29 is 0 Å². The van der Waals surface area contributed by atoms with Crippen molar-refractivity contribution in [3.8, 4) is 0 Å². The van der Waals surface area contributed by atoms with E-state index in [1.807, 2.05) is 6.07 Å². The normalized spacial score (nSPS) is 11.3. The minimum absolute atomic E-state index is 0.986. The average Bonchev–Trinajstić information content (AvgIpc) is 2.48. The monoisotopic (exact) mass is 251 g/mol. The molecule has 0 aliphatic rings. The minimum Gasteiger partial charge on any atom is -0.296 e. The third kappa shape index (κ3) is 4.72. The zero-order valence-electron chi connectivity index (χ0n) is 11.5. The number of benzene rings is 2. The highest BCUT2D eigenvalue weighted by Gasteiger charge is 2.00. The minimum atomic E-state index is 0.986. The Balaban J connectivity index is 1.88. The van der Waals surface area contributed by atoms with Crippen LogP contribution in [0.25, 0.3) is 6.08 Å². The van der Waals surface area contributed by atoms with E-state index >= 15 is 0 Å². The zero-order chi connectivity index (χ0) is 13.3. The SMILES string of the molecule is CCN(CC=Cc1ccccc1)Cc1ccccc1. The van der Waals surface area contributed by atoms with Gasteiger partial charge in [0.15, 0.2) is 0 Å². The Hall–Kier alpha value is -1.86. The molecule has 2 aromatic rings. The van der Waals surface area contributed by atoms with Crippen LogP contribution < -0.4 is 0 Å². The molecule has 0 saturated heterocycles. The van der Waals surface area contributed by atoms with Gasteiger partial charge >= 0.3 is 0 Å². The first-order valence-electron chi connectivity index (χ1n) is 6.86.